The Kier molecular flexibility index (Phi) is 4.08. The summed E-state index contributed by atoms with van der Waals surface area (Å²) in [5.74, 6) is 0.0423. The van der Waals surface area contributed by atoms with Gasteiger partial charge < -0.3 is 5.73 Å². The molecule has 1 saturated carbocycles. The second-order valence-electron chi connectivity index (χ2n) is 5.52. The number of anilines is 1. The van der Waals surface area contributed by atoms with E-state index < -0.39 is 10.0 Å². The number of aryl methyl sites for hydroxylation is 1. The normalized spacial score (nSPS) is 17.6. The molecule has 8 heteroatoms. The lowest BCUT2D eigenvalue weighted by Crippen LogP contribution is -2.41. The minimum atomic E-state index is -3.62. The summed E-state index contributed by atoms with van der Waals surface area (Å²) in [6, 6.07) is 0.746. The zero-order chi connectivity index (χ0) is 15.1. The summed E-state index contributed by atoms with van der Waals surface area (Å²) in [6.07, 6.45) is 2.39. The second kappa shape index (κ2) is 5.34. The molecule has 1 aromatic heterocycles. The summed E-state index contributed by atoms with van der Waals surface area (Å²) in [4.78, 5) is 2.29. The van der Waals surface area contributed by atoms with E-state index in [-0.39, 0.29) is 16.8 Å². The molecule has 0 aromatic carbocycles. The fourth-order valence-electron chi connectivity index (χ4n) is 2.23. The summed E-state index contributed by atoms with van der Waals surface area (Å²) in [7, 11) is 0.0832. The molecule has 1 atom stereocenters. The lowest BCUT2D eigenvalue weighted by molar-refractivity contribution is 0.248. The second-order valence-corrected chi connectivity index (χ2v) is 7.22. The van der Waals surface area contributed by atoms with Crippen molar-refractivity contribution in [2.75, 3.05) is 19.3 Å². The molecule has 7 nitrogen and oxygen atoms in total. The number of nitrogens with one attached hydrogen (secondary N) is 1. The van der Waals surface area contributed by atoms with Crippen LogP contribution in [0.4, 0.5) is 5.82 Å². The Bertz CT molecular complexity index is 591. The molecule has 114 valence electrons. The first-order valence-corrected chi connectivity index (χ1v) is 8.23. The summed E-state index contributed by atoms with van der Waals surface area (Å²) >= 11 is 0. The highest BCUT2D eigenvalue weighted by Crippen LogP contribution is 2.27. The van der Waals surface area contributed by atoms with E-state index in [4.69, 9.17) is 5.73 Å². The monoisotopic (exact) mass is 301 g/mol. The third kappa shape index (κ3) is 2.97. The molecule has 1 unspecified atom stereocenters. The molecule has 1 aromatic rings. The molecular formula is C12H23N5O2S. The van der Waals surface area contributed by atoms with E-state index in [1.54, 1.807) is 14.0 Å². The Balaban J connectivity index is 2.07. The van der Waals surface area contributed by atoms with Crippen molar-refractivity contribution in [2.24, 2.45) is 7.05 Å². The molecule has 0 aliphatic heterocycles. The smallest absolute Gasteiger partial charge is 0.246 e. The van der Waals surface area contributed by atoms with Gasteiger partial charge in [0, 0.05) is 25.7 Å². The van der Waals surface area contributed by atoms with Crippen LogP contribution in [0.2, 0.25) is 0 Å². The molecular weight excluding hydrogens is 278 g/mol. The average molecular weight is 301 g/mol. The van der Waals surface area contributed by atoms with E-state index in [1.165, 1.54) is 17.5 Å². The van der Waals surface area contributed by atoms with Crippen LogP contribution in [0.5, 0.6) is 0 Å². The Morgan fingerprint density at radius 2 is 2.15 bits per heavy atom. The molecule has 0 radical (unpaired) electrons. The van der Waals surface area contributed by atoms with Crippen LogP contribution in [0.15, 0.2) is 4.90 Å². The van der Waals surface area contributed by atoms with Crippen molar-refractivity contribution in [2.45, 2.75) is 43.7 Å². The van der Waals surface area contributed by atoms with Crippen molar-refractivity contribution >= 4 is 15.8 Å². The number of nitrogens with zero attached hydrogens (tertiary/aromatic N) is 3. The molecule has 0 amide bonds. The van der Waals surface area contributed by atoms with Gasteiger partial charge in [-0.25, -0.2) is 13.1 Å². The first kappa shape index (κ1) is 15.3. The van der Waals surface area contributed by atoms with Crippen molar-refractivity contribution in [1.29, 1.82) is 0 Å². The molecule has 3 N–H and O–H groups in total. The third-order valence-corrected chi connectivity index (χ3v) is 5.55. The first-order chi connectivity index (χ1) is 9.24. The average Bonchev–Trinajstić information content (AvgIpc) is 3.15. The number of aromatic nitrogens is 2. The van der Waals surface area contributed by atoms with Crippen LogP contribution in [0.3, 0.4) is 0 Å². The molecule has 0 bridgehead atoms. The van der Waals surface area contributed by atoms with Crippen LogP contribution < -0.4 is 10.5 Å². The number of nitrogens with two attached hydrogens (primary N) is 1. The van der Waals surface area contributed by atoms with Crippen molar-refractivity contribution in [3.63, 3.8) is 0 Å². The van der Waals surface area contributed by atoms with E-state index >= 15 is 0 Å². The number of rotatable bonds is 6. The molecule has 20 heavy (non-hydrogen) atoms. The molecule has 0 saturated heterocycles. The Hall–Kier alpha value is -1.12. The van der Waals surface area contributed by atoms with E-state index in [0.717, 1.165) is 0 Å². The van der Waals surface area contributed by atoms with Crippen LogP contribution in [0, 0.1) is 6.92 Å². The van der Waals surface area contributed by atoms with Crippen molar-refractivity contribution in [3.8, 4) is 0 Å². The van der Waals surface area contributed by atoms with Crippen molar-refractivity contribution in [3.05, 3.63) is 5.69 Å². The van der Waals surface area contributed by atoms with Crippen LogP contribution in [-0.4, -0.2) is 48.8 Å². The van der Waals surface area contributed by atoms with Crippen molar-refractivity contribution in [1.82, 2.24) is 19.4 Å². The molecule has 1 aliphatic carbocycles. The van der Waals surface area contributed by atoms with Gasteiger partial charge in [-0.1, -0.05) is 0 Å². The van der Waals surface area contributed by atoms with Crippen LogP contribution in [0.1, 0.15) is 25.5 Å². The van der Waals surface area contributed by atoms with E-state index in [9.17, 15) is 8.42 Å². The quantitative estimate of drug-likeness (QED) is 0.775. The minimum Gasteiger partial charge on any atom is -0.381 e. The van der Waals surface area contributed by atoms with Gasteiger partial charge >= 0.3 is 0 Å². The summed E-state index contributed by atoms with van der Waals surface area (Å²) in [5.41, 5.74) is 6.23. The lowest BCUT2D eigenvalue weighted by atomic mass is 10.3. The van der Waals surface area contributed by atoms with Gasteiger partial charge in [0.05, 0.1) is 5.69 Å². The highest BCUT2D eigenvalue weighted by atomic mass is 32.2. The van der Waals surface area contributed by atoms with Gasteiger partial charge in [-0.2, -0.15) is 5.10 Å². The number of hydrogen-bond donors (Lipinski definition) is 2. The summed E-state index contributed by atoms with van der Waals surface area (Å²) in [5, 5.41) is 3.94. The maximum Gasteiger partial charge on any atom is 0.246 e. The van der Waals surface area contributed by atoms with Gasteiger partial charge in [0.25, 0.3) is 0 Å². The highest BCUT2D eigenvalue weighted by Gasteiger charge is 2.30. The van der Waals surface area contributed by atoms with Crippen LogP contribution in [0.25, 0.3) is 0 Å². The number of nitrogen functional groups attached to an aromatic ring is 1. The van der Waals surface area contributed by atoms with Gasteiger partial charge in [0.15, 0.2) is 5.82 Å². The topological polar surface area (TPSA) is 93.2 Å². The largest absolute Gasteiger partial charge is 0.381 e. The molecule has 1 fully saturated rings. The van der Waals surface area contributed by atoms with E-state index in [1.807, 2.05) is 14.0 Å². The number of hydrogen-bond acceptors (Lipinski definition) is 5. The molecule has 1 aliphatic rings. The van der Waals surface area contributed by atoms with Gasteiger partial charge in [0.2, 0.25) is 10.0 Å². The standard InChI is InChI=1S/C12H23N5O2S/c1-8(16(3)10-5-6-10)7-14-20(18,19)11-9(2)17(4)15-12(11)13/h8,10,14H,5-7H2,1-4H3,(H2,13,15). The maximum atomic E-state index is 12.3. The SMILES string of the molecule is Cc1c(S(=O)(=O)NCC(C)N(C)C2CC2)c(N)nn1C. The van der Waals surface area contributed by atoms with E-state index in [0.29, 0.717) is 18.3 Å². The Morgan fingerprint density at radius 1 is 1.55 bits per heavy atom. The first-order valence-electron chi connectivity index (χ1n) is 6.74. The molecule has 1 heterocycles. The fourth-order valence-corrected chi connectivity index (χ4v) is 3.68. The Labute approximate surface area is 120 Å². The van der Waals surface area contributed by atoms with Gasteiger partial charge in [-0.15, -0.1) is 0 Å². The molecule has 2 rings (SSSR count). The summed E-state index contributed by atoms with van der Waals surface area (Å²) in [6.45, 7) is 4.07. The Morgan fingerprint density at radius 3 is 2.60 bits per heavy atom. The van der Waals surface area contributed by atoms with Crippen LogP contribution in [-0.2, 0) is 17.1 Å². The lowest BCUT2D eigenvalue weighted by Gasteiger charge is -2.24. The fraction of sp³-hybridized carbons (Fsp3) is 0.750. The summed E-state index contributed by atoms with van der Waals surface area (Å²) < 4.78 is 28.8. The van der Waals surface area contributed by atoms with Gasteiger partial charge in [-0.3, -0.25) is 9.58 Å². The predicted octanol–water partition coefficient (Wildman–Crippen LogP) is 0.0717. The minimum absolute atomic E-state index is 0.0423. The highest BCUT2D eigenvalue weighted by molar-refractivity contribution is 7.89. The maximum absolute atomic E-state index is 12.3. The molecule has 0 spiro atoms. The predicted molar refractivity (Wildman–Crippen MR) is 77.8 cm³/mol. The van der Waals surface area contributed by atoms with Gasteiger partial charge in [-0.05, 0) is 33.7 Å². The van der Waals surface area contributed by atoms with Crippen LogP contribution >= 0.6 is 0 Å². The van der Waals surface area contributed by atoms with Gasteiger partial charge in [0.1, 0.15) is 4.90 Å². The van der Waals surface area contributed by atoms with E-state index in [2.05, 4.69) is 14.7 Å². The van der Waals surface area contributed by atoms with Crippen molar-refractivity contribution < 1.29 is 8.42 Å². The third-order valence-electron chi connectivity index (χ3n) is 3.96. The number of likely N-dealkylation sites (N-methyl/N-ethyl adjacent to an activating group) is 1. The zero-order valence-electron chi connectivity index (χ0n) is 12.4. The zero-order valence-corrected chi connectivity index (χ0v) is 13.2. The number of sulfonamides is 1.